The molecule has 0 bridgehead atoms. The Kier molecular flexibility index (Phi) is 7.06. The summed E-state index contributed by atoms with van der Waals surface area (Å²) in [5.74, 6) is 0. The maximum atomic E-state index is 7.54. The highest BCUT2D eigenvalue weighted by atomic mass is 28.4. The van der Waals surface area contributed by atoms with Crippen LogP contribution >= 0.6 is 0 Å². The summed E-state index contributed by atoms with van der Waals surface area (Å²) in [6, 6.07) is 0. The van der Waals surface area contributed by atoms with Gasteiger partial charge in [0.05, 0.1) is 0 Å². The highest BCUT2D eigenvalue weighted by Crippen LogP contribution is 3.16. The minimum atomic E-state index is -2.22. The van der Waals surface area contributed by atoms with Gasteiger partial charge in [-0.05, 0) is 105 Å². The minimum Gasteiger partial charge on any atom is -0.404 e. The van der Waals surface area contributed by atoms with E-state index in [-0.39, 0.29) is 39.1 Å². The lowest BCUT2D eigenvalue weighted by atomic mass is 8.87. The molecular weight excluding hydrogens is 641 g/mol. The summed E-state index contributed by atoms with van der Waals surface area (Å²) in [5, 5.41) is 0. The molecule has 40 heavy (non-hydrogen) atoms. The van der Waals surface area contributed by atoms with E-state index in [4.69, 9.17) is 35.4 Å². The molecule has 0 aromatic carbocycles. The zero-order valence-electron chi connectivity index (χ0n) is 27.3. The van der Waals surface area contributed by atoms with Crippen molar-refractivity contribution in [1.82, 2.24) is 0 Å². The topological polar surface area (TPSA) is 73.8 Å². The molecule has 0 unspecified atom stereocenters. The predicted octanol–water partition coefficient (Wildman–Crippen LogP) is 4.11. The van der Waals surface area contributed by atoms with Crippen LogP contribution in [-0.4, -0.2) is 117 Å². The first-order chi connectivity index (χ1) is 18.1. The molecule has 224 valence electrons. The second-order valence-corrected chi connectivity index (χ2v) is 35.7. The van der Waals surface area contributed by atoms with E-state index in [0.717, 1.165) is 0 Å². The van der Waals surface area contributed by atoms with Gasteiger partial charge in [-0.3, -0.25) is 0 Å². The molecule has 0 aliphatic heterocycles. The third-order valence-corrected chi connectivity index (χ3v) is 14.5. The Balaban J connectivity index is 1.95. The van der Waals surface area contributed by atoms with E-state index in [9.17, 15) is 0 Å². The Bertz CT molecular complexity index is 891. The van der Waals surface area contributed by atoms with Crippen LogP contribution in [0.2, 0.25) is 105 Å². The van der Waals surface area contributed by atoms with Gasteiger partial charge in [0.1, 0.15) is 0 Å². The monoisotopic (exact) mass is 688 g/mol. The number of hydrogen-bond donors (Lipinski definition) is 0. The highest BCUT2D eigenvalue weighted by molar-refractivity contribution is 6.72. The van der Waals surface area contributed by atoms with Crippen LogP contribution in [0, 0.1) is 0 Å². The lowest BCUT2D eigenvalue weighted by Gasteiger charge is -3.24. The predicted molar refractivity (Wildman–Crippen MR) is 170 cm³/mol. The van der Waals surface area contributed by atoms with Crippen molar-refractivity contribution in [2.24, 2.45) is 0 Å². The van der Waals surface area contributed by atoms with Crippen molar-refractivity contribution in [2.75, 3.05) is 0 Å². The Hall–Kier alpha value is 1.42. The van der Waals surface area contributed by atoms with Gasteiger partial charge in [-0.1, -0.05) is 0 Å². The van der Waals surface area contributed by atoms with Gasteiger partial charge in [0.25, 0.3) is 0 Å². The summed E-state index contributed by atoms with van der Waals surface area (Å²) < 4.78 is 58.4. The molecule has 6 saturated carbocycles. The summed E-state index contributed by atoms with van der Waals surface area (Å²) in [5.41, 5.74) is -7.29. The minimum absolute atomic E-state index is 0.205. The summed E-state index contributed by atoms with van der Waals surface area (Å²) in [7, 11) is -8.08. The summed E-state index contributed by atoms with van der Waals surface area (Å²) in [6.45, 7) is 35.3. The summed E-state index contributed by atoms with van der Waals surface area (Å²) >= 11 is 0. The van der Waals surface area contributed by atoms with E-state index in [1.807, 2.05) is 0 Å². The molecule has 8 radical (unpaired) electrons. The summed E-state index contributed by atoms with van der Waals surface area (Å²) in [6.07, 6.45) is 0. The molecule has 8 nitrogen and oxygen atoms in total. The van der Waals surface area contributed by atoms with Crippen molar-refractivity contribution < 1.29 is 35.4 Å². The van der Waals surface area contributed by atoms with Gasteiger partial charge in [-0.15, -0.1) is 0 Å². The zero-order valence-corrected chi connectivity index (χ0v) is 35.3. The Morgan fingerprint density at radius 2 is 0.450 bits per heavy atom. The quantitative estimate of drug-likeness (QED) is 0.225. The smallest absolute Gasteiger partial charge is 0.227 e. The van der Waals surface area contributed by atoms with Crippen molar-refractivity contribution in [1.29, 1.82) is 0 Å². The van der Waals surface area contributed by atoms with Gasteiger partial charge in [-0.2, -0.15) is 0 Å². The molecule has 0 aromatic rings. The molecule has 0 spiro atoms. The lowest BCUT2D eigenvalue weighted by Crippen LogP contribution is -3.53. The fourth-order valence-electron chi connectivity index (χ4n) is 9.75. The van der Waals surface area contributed by atoms with Crippen LogP contribution in [0.4, 0.5) is 0 Å². The Labute approximate surface area is 256 Å². The first kappa shape index (κ1) is 32.8. The average molecular weight is 689 g/mol. The Morgan fingerprint density at radius 3 is 0.550 bits per heavy atom. The average Bonchev–Trinajstić information content (AvgIpc) is 2.74. The van der Waals surface area contributed by atoms with E-state index in [0.29, 0.717) is 0 Å². The molecule has 0 amide bonds. The van der Waals surface area contributed by atoms with Crippen molar-refractivity contribution in [2.45, 2.75) is 150 Å². The molecule has 16 heteroatoms. The van der Waals surface area contributed by atoms with Crippen molar-refractivity contribution >= 4 is 72.3 Å². The third-order valence-electron chi connectivity index (χ3n) is 8.81. The van der Waals surface area contributed by atoms with Crippen molar-refractivity contribution in [3.05, 3.63) is 0 Å². The van der Waals surface area contributed by atoms with Gasteiger partial charge in [0, 0.05) is 0 Å². The fourth-order valence-corrected chi connectivity index (χ4v) is 18.1. The van der Waals surface area contributed by atoms with E-state index < -0.39 is 78.1 Å². The molecule has 6 rings (SSSR count). The first-order valence-corrected chi connectivity index (χ1v) is 33.5. The van der Waals surface area contributed by atoms with Gasteiger partial charge in [0.15, 0.2) is 78.1 Å². The van der Waals surface area contributed by atoms with E-state index in [1.165, 1.54) is 0 Å². The molecule has 0 N–H and O–H groups in total. The molecule has 6 fully saturated rings. The van der Waals surface area contributed by atoms with Crippen LogP contribution in [0.15, 0.2) is 0 Å². The highest BCUT2D eigenvalue weighted by Gasteiger charge is 3.46. The van der Waals surface area contributed by atoms with Gasteiger partial charge in [0.2, 0.25) is 39.1 Å². The Morgan fingerprint density at radius 1 is 0.300 bits per heavy atom. The number of hydrogen-bond acceptors (Lipinski definition) is 8. The molecule has 0 saturated heterocycles. The van der Waals surface area contributed by atoms with Crippen LogP contribution in [0.5, 0.6) is 0 Å². The van der Waals surface area contributed by atoms with E-state index in [2.05, 4.69) is 105 Å². The molecule has 0 atom stereocenters. The van der Waals surface area contributed by atoms with Crippen molar-refractivity contribution in [3.63, 3.8) is 0 Å². The van der Waals surface area contributed by atoms with Crippen LogP contribution in [0.25, 0.3) is 0 Å². The molecule has 6 aliphatic rings. The standard InChI is InChI=1S/C24H48O8Si8/c1-33-25-17-18(26-34-2)20(28-36-4)19(17,27-35-3)23(31-39(11,12)13)21(17,29-37(5,6)7)22(18,30-38(8,9)10)24(20,23)32-40(14,15)16/h1-16H3. The maximum absolute atomic E-state index is 7.54. The second-order valence-electron chi connectivity index (χ2n) is 15.5. The van der Waals surface area contributed by atoms with Crippen molar-refractivity contribution in [3.8, 4) is 0 Å². The van der Waals surface area contributed by atoms with Gasteiger partial charge < -0.3 is 35.4 Å². The molecule has 0 aromatic heterocycles. The third kappa shape index (κ3) is 2.61. The first-order valence-electron chi connectivity index (χ1n) is 14.3. The molecular formula is C24H48O8Si8. The summed E-state index contributed by atoms with van der Waals surface area (Å²) in [4.78, 5) is 0. The lowest BCUT2D eigenvalue weighted by molar-refractivity contribution is -0.836. The largest absolute Gasteiger partial charge is 0.404 e. The van der Waals surface area contributed by atoms with Crippen LogP contribution in [0.3, 0.4) is 0 Å². The van der Waals surface area contributed by atoms with Crippen LogP contribution in [0.1, 0.15) is 0 Å². The normalized spacial score (nSPS) is 48.0. The van der Waals surface area contributed by atoms with Crippen LogP contribution < -0.4 is 0 Å². The van der Waals surface area contributed by atoms with E-state index >= 15 is 0 Å². The molecule has 0 heterocycles. The zero-order chi connectivity index (χ0) is 30.5. The van der Waals surface area contributed by atoms with Gasteiger partial charge in [-0.25, -0.2) is 0 Å². The second kappa shape index (κ2) is 8.61. The SMILES string of the molecule is C[Si]OC12C3(O[Si]C)C4(O[Si]C)C1(O[Si]C)C1(O[Si](C)(C)C)C2(O[Si](C)(C)C)C3(O[Si](C)(C)C)C41O[Si](C)(C)C. The van der Waals surface area contributed by atoms with E-state index in [1.54, 1.807) is 0 Å². The maximum Gasteiger partial charge on any atom is 0.227 e. The molecule has 6 aliphatic carbocycles. The van der Waals surface area contributed by atoms with Crippen LogP contribution in [-0.2, 0) is 35.4 Å². The fraction of sp³-hybridized carbons (Fsp3) is 1.00. The number of rotatable bonds is 16. The van der Waals surface area contributed by atoms with Gasteiger partial charge >= 0.3 is 0 Å².